The van der Waals surface area contributed by atoms with Crippen LogP contribution in [0.3, 0.4) is 0 Å². The summed E-state index contributed by atoms with van der Waals surface area (Å²) in [6.07, 6.45) is 3.45. The van der Waals surface area contributed by atoms with Gasteiger partial charge in [0.1, 0.15) is 0 Å². The molecular formula is C14H19ClF2N2OS. The van der Waals surface area contributed by atoms with E-state index in [0.29, 0.717) is 28.8 Å². The fraction of sp³-hybridized carbons (Fsp3) is 0.500. The van der Waals surface area contributed by atoms with Gasteiger partial charge in [-0.2, -0.15) is 8.78 Å². The first-order valence-corrected chi connectivity index (χ1v) is 7.54. The lowest BCUT2D eigenvalue weighted by Gasteiger charge is -2.25. The third-order valence-electron chi connectivity index (χ3n) is 3.41. The van der Waals surface area contributed by atoms with Crippen molar-refractivity contribution >= 4 is 35.8 Å². The molecule has 0 bridgehead atoms. The normalized spacial score (nSPS) is 21.7. The molecule has 1 aliphatic carbocycles. The number of anilines is 1. The zero-order chi connectivity index (χ0) is 14.5. The smallest absolute Gasteiger partial charge is 0.288 e. The third-order valence-corrected chi connectivity index (χ3v) is 4.12. The van der Waals surface area contributed by atoms with Gasteiger partial charge < -0.3 is 11.1 Å². The predicted molar refractivity (Wildman–Crippen MR) is 84.1 cm³/mol. The minimum Gasteiger partial charge on any atom is -0.328 e. The Kier molecular flexibility index (Phi) is 7.42. The number of nitrogens with one attached hydrogen (secondary N) is 1. The molecular weight excluding hydrogens is 318 g/mol. The predicted octanol–water partition coefficient (Wildman–Crippen LogP) is 3.88. The number of carbonyl (C=O) groups excluding carboxylic acids is 1. The highest BCUT2D eigenvalue weighted by Gasteiger charge is 2.25. The maximum atomic E-state index is 12.3. The monoisotopic (exact) mass is 336 g/mol. The van der Waals surface area contributed by atoms with Crippen LogP contribution in [-0.2, 0) is 4.79 Å². The van der Waals surface area contributed by atoms with Gasteiger partial charge in [0.05, 0.1) is 0 Å². The molecule has 1 amide bonds. The van der Waals surface area contributed by atoms with Gasteiger partial charge in [-0.05, 0) is 37.5 Å². The topological polar surface area (TPSA) is 55.1 Å². The van der Waals surface area contributed by atoms with Crippen LogP contribution in [0.25, 0.3) is 0 Å². The number of rotatable bonds is 4. The number of halogens is 3. The van der Waals surface area contributed by atoms with Crippen molar-refractivity contribution in [2.45, 2.75) is 42.4 Å². The van der Waals surface area contributed by atoms with Crippen molar-refractivity contribution in [3.8, 4) is 0 Å². The van der Waals surface area contributed by atoms with Crippen LogP contribution in [0.1, 0.15) is 25.7 Å². The molecule has 118 valence electrons. The van der Waals surface area contributed by atoms with E-state index in [4.69, 9.17) is 5.73 Å². The molecule has 3 nitrogen and oxygen atoms in total. The third kappa shape index (κ3) is 5.80. The van der Waals surface area contributed by atoms with E-state index in [1.807, 2.05) is 0 Å². The highest BCUT2D eigenvalue weighted by Crippen LogP contribution is 2.28. The molecule has 3 N–H and O–H groups in total. The molecule has 7 heteroatoms. The number of nitrogens with two attached hydrogens (primary N) is 1. The van der Waals surface area contributed by atoms with Gasteiger partial charge >= 0.3 is 0 Å². The maximum absolute atomic E-state index is 12.3. The highest BCUT2D eigenvalue weighted by atomic mass is 35.5. The maximum Gasteiger partial charge on any atom is 0.288 e. The number of alkyl halides is 2. The largest absolute Gasteiger partial charge is 0.328 e. The van der Waals surface area contributed by atoms with Crippen LogP contribution in [0.2, 0.25) is 0 Å². The standard InChI is InChI=1S/C14H18F2N2OS.ClH/c15-14(16)20-12-6-2-5-11(8-12)18-13(19)9-3-1-4-10(17)7-9;/h2,5-6,8-10,14H,1,3-4,7,17H2,(H,18,19);1H. The van der Waals surface area contributed by atoms with E-state index in [-0.39, 0.29) is 30.3 Å². The minimum absolute atomic E-state index is 0. The fourth-order valence-corrected chi connectivity index (χ4v) is 3.02. The summed E-state index contributed by atoms with van der Waals surface area (Å²) in [4.78, 5) is 12.6. The molecule has 0 aliphatic heterocycles. The average Bonchev–Trinajstić information content (AvgIpc) is 2.38. The Bertz CT molecular complexity index is 476. The molecule has 1 aromatic rings. The van der Waals surface area contributed by atoms with Crippen molar-refractivity contribution < 1.29 is 13.6 Å². The Labute approximate surface area is 133 Å². The zero-order valence-electron chi connectivity index (χ0n) is 11.4. The molecule has 0 radical (unpaired) electrons. The first kappa shape index (κ1) is 18.2. The van der Waals surface area contributed by atoms with E-state index in [1.165, 1.54) is 0 Å². The van der Waals surface area contributed by atoms with Crippen molar-refractivity contribution in [1.82, 2.24) is 0 Å². The summed E-state index contributed by atoms with van der Waals surface area (Å²) < 4.78 is 24.6. The molecule has 1 aliphatic rings. The summed E-state index contributed by atoms with van der Waals surface area (Å²) >= 11 is 0.471. The summed E-state index contributed by atoms with van der Waals surface area (Å²) in [5.41, 5.74) is 6.42. The van der Waals surface area contributed by atoms with Crippen LogP contribution in [-0.4, -0.2) is 17.7 Å². The first-order chi connectivity index (χ1) is 9.54. The van der Waals surface area contributed by atoms with Gasteiger partial charge in [-0.25, -0.2) is 0 Å². The number of hydrogen-bond acceptors (Lipinski definition) is 3. The summed E-state index contributed by atoms with van der Waals surface area (Å²) in [5, 5.41) is 2.79. The van der Waals surface area contributed by atoms with Gasteiger partial charge in [0.15, 0.2) is 0 Å². The van der Waals surface area contributed by atoms with Crippen molar-refractivity contribution in [3.63, 3.8) is 0 Å². The van der Waals surface area contributed by atoms with Crippen LogP contribution in [0.4, 0.5) is 14.5 Å². The molecule has 0 aromatic heterocycles. The Morgan fingerprint density at radius 2 is 2.14 bits per heavy atom. The fourth-order valence-electron chi connectivity index (χ4n) is 2.46. The van der Waals surface area contributed by atoms with Gasteiger partial charge in [0, 0.05) is 22.5 Å². The van der Waals surface area contributed by atoms with Crippen molar-refractivity contribution in [1.29, 1.82) is 0 Å². The Hall–Kier alpha value is -0.850. The van der Waals surface area contributed by atoms with Gasteiger partial charge in [-0.3, -0.25) is 4.79 Å². The first-order valence-electron chi connectivity index (χ1n) is 6.66. The molecule has 1 aromatic carbocycles. The Balaban J connectivity index is 0.00000220. The van der Waals surface area contributed by atoms with E-state index < -0.39 is 5.76 Å². The summed E-state index contributed by atoms with van der Waals surface area (Å²) in [6, 6.07) is 6.61. The van der Waals surface area contributed by atoms with Gasteiger partial charge in [-0.1, -0.05) is 24.2 Å². The molecule has 0 heterocycles. The van der Waals surface area contributed by atoms with Crippen LogP contribution in [0.15, 0.2) is 29.2 Å². The van der Waals surface area contributed by atoms with Gasteiger partial charge in [-0.15, -0.1) is 12.4 Å². The second-order valence-electron chi connectivity index (χ2n) is 5.02. The summed E-state index contributed by atoms with van der Waals surface area (Å²) in [6.45, 7) is 0. The van der Waals surface area contributed by atoms with Gasteiger partial charge in [0.25, 0.3) is 5.76 Å². The molecule has 2 atom stereocenters. The van der Waals surface area contributed by atoms with Crippen LogP contribution in [0, 0.1) is 5.92 Å². The Morgan fingerprint density at radius 1 is 1.38 bits per heavy atom. The van der Waals surface area contributed by atoms with E-state index in [9.17, 15) is 13.6 Å². The molecule has 2 rings (SSSR count). The number of thioether (sulfide) groups is 1. The van der Waals surface area contributed by atoms with Crippen molar-refractivity contribution in [2.75, 3.05) is 5.32 Å². The second-order valence-corrected chi connectivity index (χ2v) is 6.08. The van der Waals surface area contributed by atoms with E-state index in [0.717, 1.165) is 19.3 Å². The van der Waals surface area contributed by atoms with Crippen LogP contribution >= 0.6 is 24.2 Å². The molecule has 2 unspecified atom stereocenters. The SMILES string of the molecule is Cl.NC1CCCC(C(=O)Nc2cccc(SC(F)F)c2)C1. The van der Waals surface area contributed by atoms with Crippen molar-refractivity contribution in [3.05, 3.63) is 24.3 Å². The molecule has 21 heavy (non-hydrogen) atoms. The van der Waals surface area contributed by atoms with Crippen molar-refractivity contribution in [2.24, 2.45) is 11.7 Å². The highest BCUT2D eigenvalue weighted by molar-refractivity contribution is 7.99. The lowest BCUT2D eigenvalue weighted by Crippen LogP contribution is -2.34. The van der Waals surface area contributed by atoms with E-state index in [2.05, 4.69) is 5.32 Å². The molecule has 1 saturated carbocycles. The van der Waals surface area contributed by atoms with Crippen LogP contribution in [0.5, 0.6) is 0 Å². The number of benzene rings is 1. The second kappa shape index (κ2) is 8.56. The minimum atomic E-state index is -2.46. The zero-order valence-corrected chi connectivity index (χ0v) is 13.1. The van der Waals surface area contributed by atoms with E-state index in [1.54, 1.807) is 24.3 Å². The number of carbonyl (C=O) groups is 1. The molecule has 0 spiro atoms. The van der Waals surface area contributed by atoms with Crippen LogP contribution < -0.4 is 11.1 Å². The quantitative estimate of drug-likeness (QED) is 0.820. The lowest BCUT2D eigenvalue weighted by molar-refractivity contribution is -0.120. The Morgan fingerprint density at radius 3 is 2.81 bits per heavy atom. The average molecular weight is 337 g/mol. The van der Waals surface area contributed by atoms with E-state index >= 15 is 0 Å². The summed E-state index contributed by atoms with van der Waals surface area (Å²) in [5.74, 6) is -2.61. The lowest BCUT2D eigenvalue weighted by atomic mass is 9.85. The number of hydrogen-bond donors (Lipinski definition) is 2. The molecule has 0 saturated heterocycles. The van der Waals surface area contributed by atoms with Gasteiger partial charge in [0.2, 0.25) is 5.91 Å². The summed E-state index contributed by atoms with van der Waals surface area (Å²) in [7, 11) is 0. The molecule has 1 fully saturated rings. The number of amides is 1.